The summed E-state index contributed by atoms with van der Waals surface area (Å²) < 4.78 is 18.4. The normalized spacial score (nSPS) is 10.3. The number of halogens is 1. The van der Waals surface area contributed by atoms with Crippen molar-refractivity contribution in [3.05, 3.63) is 29.6 Å². The van der Waals surface area contributed by atoms with Gasteiger partial charge < -0.3 is 15.6 Å². The number of benzene rings is 1. The molecule has 0 radical (unpaired) electrons. The monoisotopic (exact) mass is 251 g/mol. The second-order valence-electron chi connectivity index (χ2n) is 3.55. The largest absolute Gasteiger partial charge is 0.493 e. The van der Waals surface area contributed by atoms with E-state index in [1.807, 2.05) is 0 Å². The standard InChI is InChI=1S/C11H10FN3O3/c1-18-10-6(11(16)17)2-5(3-7(10)12)8-4-9(13)15-14-8/h2-4H,1H3,(H,16,17)(H3,13,14,15). The average molecular weight is 251 g/mol. The maximum absolute atomic E-state index is 13.7. The molecule has 1 aromatic carbocycles. The van der Waals surface area contributed by atoms with Crippen molar-refractivity contribution in [2.45, 2.75) is 0 Å². The Morgan fingerprint density at radius 3 is 2.72 bits per heavy atom. The lowest BCUT2D eigenvalue weighted by atomic mass is 10.1. The van der Waals surface area contributed by atoms with E-state index in [0.29, 0.717) is 11.3 Å². The minimum atomic E-state index is -1.28. The molecule has 0 unspecified atom stereocenters. The van der Waals surface area contributed by atoms with Crippen LogP contribution in [0.1, 0.15) is 10.4 Å². The first-order chi connectivity index (χ1) is 8.52. The van der Waals surface area contributed by atoms with Crippen LogP contribution in [0.5, 0.6) is 5.75 Å². The second kappa shape index (κ2) is 4.36. The van der Waals surface area contributed by atoms with Crippen LogP contribution >= 0.6 is 0 Å². The number of aromatic carboxylic acids is 1. The van der Waals surface area contributed by atoms with Crippen molar-refractivity contribution in [1.82, 2.24) is 10.2 Å². The van der Waals surface area contributed by atoms with Gasteiger partial charge in [0.15, 0.2) is 11.6 Å². The van der Waals surface area contributed by atoms with Gasteiger partial charge in [-0.2, -0.15) is 5.10 Å². The number of methoxy groups -OCH3 is 1. The number of nitrogens with two attached hydrogens (primary N) is 1. The van der Waals surface area contributed by atoms with Crippen LogP contribution in [-0.4, -0.2) is 28.4 Å². The van der Waals surface area contributed by atoms with Gasteiger partial charge in [-0.15, -0.1) is 0 Å². The molecule has 0 aliphatic rings. The second-order valence-corrected chi connectivity index (χ2v) is 3.55. The molecule has 94 valence electrons. The Hall–Kier alpha value is -2.57. The maximum atomic E-state index is 13.7. The molecule has 2 rings (SSSR count). The van der Waals surface area contributed by atoms with Crippen LogP contribution in [0, 0.1) is 5.82 Å². The zero-order valence-electron chi connectivity index (χ0n) is 9.40. The van der Waals surface area contributed by atoms with Crippen LogP contribution < -0.4 is 10.5 Å². The molecular weight excluding hydrogens is 241 g/mol. The fourth-order valence-corrected chi connectivity index (χ4v) is 1.60. The molecular formula is C11H10FN3O3. The Kier molecular flexibility index (Phi) is 2.88. The average Bonchev–Trinajstić information content (AvgIpc) is 2.74. The van der Waals surface area contributed by atoms with Gasteiger partial charge in [0, 0.05) is 11.6 Å². The maximum Gasteiger partial charge on any atom is 0.339 e. The van der Waals surface area contributed by atoms with Gasteiger partial charge in [0.2, 0.25) is 0 Å². The minimum absolute atomic E-state index is 0.234. The van der Waals surface area contributed by atoms with Crippen molar-refractivity contribution in [1.29, 1.82) is 0 Å². The van der Waals surface area contributed by atoms with E-state index in [-0.39, 0.29) is 17.1 Å². The number of hydrogen-bond acceptors (Lipinski definition) is 4. The van der Waals surface area contributed by atoms with E-state index in [2.05, 4.69) is 10.2 Å². The summed E-state index contributed by atoms with van der Waals surface area (Å²) in [4.78, 5) is 11.0. The number of nitrogen functional groups attached to an aromatic ring is 1. The summed E-state index contributed by atoms with van der Waals surface area (Å²) in [6.45, 7) is 0. The van der Waals surface area contributed by atoms with Crippen LogP contribution in [0.4, 0.5) is 10.2 Å². The summed E-state index contributed by atoms with van der Waals surface area (Å²) in [5.74, 6) is -2.11. The molecule has 0 atom stereocenters. The molecule has 0 saturated heterocycles. The van der Waals surface area contributed by atoms with Gasteiger partial charge >= 0.3 is 5.97 Å². The lowest BCUT2D eigenvalue weighted by molar-refractivity contribution is 0.0692. The van der Waals surface area contributed by atoms with Gasteiger partial charge in [-0.3, -0.25) is 5.10 Å². The molecule has 2 aromatic rings. The van der Waals surface area contributed by atoms with Crippen LogP contribution in [-0.2, 0) is 0 Å². The van der Waals surface area contributed by atoms with Crippen molar-refractivity contribution in [2.24, 2.45) is 0 Å². The highest BCUT2D eigenvalue weighted by molar-refractivity contribution is 5.92. The quantitative estimate of drug-likeness (QED) is 0.767. The van der Waals surface area contributed by atoms with Gasteiger partial charge in [-0.25, -0.2) is 9.18 Å². The molecule has 0 saturated carbocycles. The fraction of sp³-hybridized carbons (Fsp3) is 0.0909. The summed E-state index contributed by atoms with van der Waals surface area (Å²) in [5, 5.41) is 15.3. The highest BCUT2D eigenvalue weighted by atomic mass is 19.1. The molecule has 4 N–H and O–H groups in total. The lowest BCUT2D eigenvalue weighted by Gasteiger charge is -2.08. The van der Waals surface area contributed by atoms with E-state index in [9.17, 15) is 9.18 Å². The molecule has 18 heavy (non-hydrogen) atoms. The Balaban J connectivity index is 2.61. The van der Waals surface area contributed by atoms with Crippen LogP contribution in [0.2, 0.25) is 0 Å². The van der Waals surface area contributed by atoms with E-state index in [1.165, 1.54) is 19.2 Å². The summed E-state index contributed by atoms with van der Waals surface area (Å²) in [5.41, 5.74) is 5.92. The Labute approximate surface area is 101 Å². The smallest absolute Gasteiger partial charge is 0.339 e. The zero-order valence-corrected chi connectivity index (χ0v) is 9.40. The first-order valence-electron chi connectivity index (χ1n) is 4.95. The molecule has 0 fully saturated rings. The number of aromatic nitrogens is 2. The van der Waals surface area contributed by atoms with Gasteiger partial charge in [0.05, 0.1) is 12.8 Å². The molecule has 6 nitrogen and oxygen atoms in total. The molecule has 0 aliphatic heterocycles. The van der Waals surface area contributed by atoms with Gasteiger partial charge in [-0.05, 0) is 12.1 Å². The van der Waals surface area contributed by atoms with Gasteiger partial charge in [0.25, 0.3) is 0 Å². The molecule has 1 aromatic heterocycles. The number of carbonyl (C=O) groups is 1. The molecule has 0 bridgehead atoms. The summed E-state index contributed by atoms with van der Waals surface area (Å²) in [6, 6.07) is 3.92. The zero-order chi connectivity index (χ0) is 13.3. The number of anilines is 1. The minimum Gasteiger partial charge on any atom is -0.493 e. The third-order valence-corrected chi connectivity index (χ3v) is 2.39. The SMILES string of the molecule is COc1c(F)cc(-c2cc(N)n[nH]2)cc1C(=O)O. The molecule has 0 aliphatic carbocycles. The van der Waals surface area contributed by atoms with Crippen molar-refractivity contribution < 1.29 is 19.0 Å². The van der Waals surface area contributed by atoms with Crippen LogP contribution in [0.3, 0.4) is 0 Å². The van der Waals surface area contributed by atoms with Crippen LogP contribution in [0.15, 0.2) is 18.2 Å². The Morgan fingerprint density at radius 2 is 2.22 bits per heavy atom. The van der Waals surface area contributed by atoms with Gasteiger partial charge in [0.1, 0.15) is 11.4 Å². The van der Waals surface area contributed by atoms with Crippen molar-refractivity contribution in [2.75, 3.05) is 12.8 Å². The fourth-order valence-electron chi connectivity index (χ4n) is 1.60. The summed E-state index contributed by atoms with van der Waals surface area (Å²) >= 11 is 0. The van der Waals surface area contributed by atoms with E-state index < -0.39 is 11.8 Å². The topological polar surface area (TPSA) is 101 Å². The summed E-state index contributed by atoms with van der Waals surface area (Å²) in [6.07, 6.45) is 0. The number of carboxylic acid groups (broad SMARTS) is 1. The van der Waals surface area contributed by atoms with E-state index >= 15 is 0 Å². The third kappa shape index (κ3) is 1.97. The molecule has 0 spiro atoms. The Bertz CT molecular complexity index is 610. The number of carboxylic acids is 1. The molecule has 1 heterocycles. The number of ether oxygens (including phenoxy) is 1. The number of H-pyrrole nitrogens is 1. The predicted octanol–water partition coefficient (Wildman–Crippen LogP) is 1.50. The molecule has 0 amide bonds. The third-order valence-electron chi connectivity index (χ3n) is 2.39. The number of aromatic amines is 1. The highest BCUT2D eigenvalue weighted by Crippen LogP contribution is 2.29. The summed E-state index contributed by atoms with van der Waals surface area (Å²) in [7, 11) is 1.21. The van der Waals surface area contributed by atoms with E-state index in [1.54, 1.807) is 0 Å². The van der Waals surface area contributed by atoms with Crippen molar-refractivity contribution in [3.63, 3.8) is 0 Å². The Morgan fingerprint density at radius 1 is 1.50 bits per heavy atom. The first kappa shape index (κ1) is 11.9. The van der Waals surface area contributed by atoms with E-state index in [0.717, 1.165) is 6.07 Å². The number of rotatable bonds is 3. The highest BCUT2D eigenvalue weighted by Gasteiger charge is 2.18. The van der Waals surface area contributed by atoms with E-state index in [4.69, 9.17) is 15.6 Å². The number of hydrogen-bond donors (Lipinski definition) is 3. The number of nitrogens with one attached hydrogen (secondary N) is 1. The van der Waals surface area contributed by atoms with Gasteiger partial charge in [-0.1, -0.05) is 0 Å². The lowest BCUT2D eigenvalue weighted by Crippen LogP contribution is -2.03. The predicted molar refractivity (Wildman–Crippen MR) is 61.9 cm³/mol. The number of nitrogens with zero attached hydrogens (tertiary/aromatic N) is 1. The van der Waals surface area contributed by atoms with Crippen LogP contribution in [0.25, 0.3) is 11.3 Å². The van der Waals surface area contributed by atoms with Crippen molar-refractivity contribution in [3.8, 4) is 17.0 Å². The first-order valence-corrected chi connectivity index (χ1v) is 4.95. The van der Waals surface area contributed by atoms with Crippen molar-refractivity contribution >= 4 is 11.8 Å². The molecule has 7 heteroatoms.